The van der Waals surface area contributed by atoms with Gasteiger partial charge in [-0.1, -0.05) is 6.07 Å². The molecule has 1 atom stereocenters. The lowest BCUT2D eigenvalue weighted by Gasteiger charge is -2.26. The third-order valence-corrected chi connectivity index (χ3v) is 5.86. The summed E-state index contributed by atoms with van der Waals surface area (Å²) in [5, 5.41) is 10.2. The van der Waals surface area contributed by atoms with Gasteiger partial charge in [-0.15, -0.1) is 0 Å². The molecular weight excluding hydrogens is 453 g/mol. The van der Waals surface area contributed by atoms with Crippen molar-refractivity contribution >= 4 is 22.6 Å². The number of hydrogen-bond acceptors (Lipinski definition) is 6. The van der Waals surface area contributed by atoms with Crippen LogP contribution in [0.1, 0.15) is 41.6 Å². The van der Waals surface area contributed by atoms with E-state index >= 15 is 0 Å². The third kappa shape index (κ3) is 3.77. The Hall–Kier alpha value is -4.33. The second-order valence-electron chi connectivity index (χ2n) is 7.98. The summed E-state index contributed by atoms with van der Waals surface area (Å²) >= 11 is 0. The first-order valence-electron chi connectivity index (χ1n) is 11.2. The number of rotatable bonds is 6. The number of carbonyl (C=O) groups is 1. The number of hydrogen-bond donors (Lipinski definition) is 1. The van der Waals surface area contributed by atoms with Gasteiger partial charge in [0.15, 0.2) is 16.9 Å². The molecule has 0 fully saturated rings. The van der Waals surface area contributed by atoms with Gasteiger partial charge < -0.3 is 19.0 Å². The second-order valence-corrected chi connectivity index (χ2v) is 7.98. The number of amides is 1. The maximum Gasteiger partial charge on any atom is 0.295 e. The molecule has 0 saturated heterocycles. The Kier molecular flexibility index (Phi) is 5.64. The van der Waals surface area contributed by atoms with Gasteiger partial charge in [-0.3, -0.25) is 14.5 Å². The Bertz CT molecular complexity index is 1490. The van der Waals surface area contributed by atoms with Crippen molar-refractivity contribution in [3.8, 4) is 17.2 Å². The molecule has 0 radical (unpaired) electrons. The Labute approximate surface area is 199 Å². The van der Waals surface area contributed by atoms with Crippen LogP contribution in [0.4, 0.5) is 10.1 Å². The predicted molar refractivity (Wildman–Crippen MR) is 128 cm³/mol. The average Bonchev–Trinajstić information content (AvgIpc) is 3.14. The third-order valence-electron chi connectivity index (χ3n) is 5.86. The van der Waals surface area contributed by atoms with E-state index in [9.17, 15) is 19.1 Å². The lowest BCUT2D eigenvalue weighted by Crippen LogP contribution is -2.29. The van der Waals surface area contributed by atoms with E-state index in [1.54, 1.807) is 43.3 Å². The molecule has 8 heteroatoms. The first-order valence-corrected chi connectivity index (χ1v) is 11.2. The van der Waals surface area contributed by atoms with Crippen molar-refractivity contribution in [1.29, 1.82) is 0 Å². The smallest absolute Gasteiger partial charge is 0.295 e. The molecule has 3 aromatic carbocycles. The number of phenols is 1. The molecule has 1 aliphatic rings. The summed E-state index contributed by atoms with van der Waals surface area (Å²) in [4.78, 5) is 28.7. The van der Waals surface area contributed by atoms with Crippen molar-refractivity contribution in [2.75, 3.05) is 18.1 Å². The highest BCUT2D eigenvalue weighted by molar-refractivity contribution is 6.10. The van der Waals surface area contributed by atoms with E-state index in [0.717, 1.165) is 6.07 Å². The first-order chi connectivity index (χ1) is 16.9. The minimum atomic E-state index is -0.890. The molecular formula is C27H22FNO6. The molecule has 178 valence electrons. The SMILES string of the molecule is CCOc1ccc(N2C(=O)c3oc4ccc(F)cc4c(=O)c3C2c2ccc(O)c(OCC)c2)cc1. The maximum absolute atomic E-state index is 14.0. The zero-order chi connectivity index (χ0) is 24.7. The van der Waals surface area contributed by atoms with Gasteiger partial charge >= 0.3 is 0 Å². The van der Waals surface area contributed by atoms with Gasteiger partial charge in [0.25, 0.3) is 5.91 Å². The van der Waals surface area contributed by atoms with E-state index in [1.807, 2.05) is 6.92 Å². The largest absolute Gasteiger partial charge is 0.504 e. The Morgan fingerprint density at radius 3 is 2.43 bits per heavy atom. The van der Waals surface area contributed by atoms with Crippen LogP contribution in [0.3, 0.4) is 0 Å². The normalized spacial score (nSPS) is 14.9. The number of nitrogens with zero attached hydrogens (tertiary/aromatic N) is 1. The van der Waals surface area contributed by atoms with Crippen molar-refractivity contribution in [1.82, 2.24) is 0 Å². The molecule has 1 N–H and O–H groups in total. The Balaban J connectivity index is 1.75. The summed E-state index contributed by atoms with van der Waals surface area (Å²) in [6, 6.07) is 14.3. The number of phenolic OH excluding ortho intramolecular Hbond substituents is 1. The Morgan fingerprint density at radius 1 is 0.971 bits per heavy atom. The molecule has 7 nitrogen and oxygen atoms in total. The molecule has 0 spiro atoms. The monoisotopic (exact) mass is 475 g/mol. The average molecular weight is 475 g/mol. The van der Waals surface area contributed by atoms with E-state index in [2.05, 4.69) is 0 Å². The minimum Gasteiger partial charge on any atom is -0.504 e. The summed E-state index contributed by atoms with van der Waals surface area (Å²) in [6.45, 7) is 4.45. The number of carbonyl (C=O) groups excluding carboxylic acids is 1. The fourth-order valence-electron chi connectivity index (χ4n) is 4.37. The van der Waals surface area contributed by atoms with E-state index in [1.165, 1.54) is 23.1 Å². The van der Waals surface area contributed by atoms with E-state index in [0.29, 0.717) is 30.2 Å². The van der Waals surface area contributed by atoms with E-state index < -0.39 is 23.2 Å². The number of aromatic hydroxyl groups is 1. The predicted octanol–water partition coefficient (Wildman–Crippen LogP) is 5.18. The molecule has 0 saturated carbocycles. The number of halogens is 1. The van der Waals surface area contributed by atoms with Gasteiger partial charge in [-0.25, -0.2) is 4.39 Å². The van der Waals surface area contributed by atoms with Crippen LogP contribution in [0.5, 0.6) is 17.2 Å². The van der Waals surface area contributed by atoms with Gasteiger partial charge in [-0.2, -0.15) is 0 Å². The summed E-state index contributed by atoms with van der Waals surface area (Å²) < 4.78 is 30.9. The van der Waals surface area contributed by atoms with Crippen molar-refractivity contribution < 1.29 is 28.2 Å². The van der Waals surface area contributed by atoms with Gasteiger partial charge in [0.2, 0.25) is 5.76 Å². The van der Waals surface area contributed by atoms with Crippen LogP contribution in [0.2, 0.25) is 0 Å². The van der Waals surface area contributed by atoms with Gasteiger partial charge in [0.05, 0.1) is 30.2 Å². The fraction of sp³-hybridized carbons (Fsp3) is 0.185. The molecule has 35 heavy (non-hydrogen) atoms. The van der Waals surface area contributed by atoms with Crippen LogP contribution in [-0.2, 0) is 0 Å². The molecule has 4 aromatic rings. The highest BCUT2D eigenvalue weighted by atomic mass is 19.1. The zero-order valence-corrected chi connectivity index (χ0v) is 19.1. The van der Waals surface area contributed by atoms with Crippen molar-refractivity contribution in [3.63, 3.8) is 0 Å². The van der Waals surface area contributed by atoms with Crippen LogP contribution in [-0.4, -0.2) is 24.2 Å². The van der Waals surface area contributed by atoms with Crippen LogP contribution in [0, 0.1) is 5.82 Å². The molecule has 0 bridgehead atoms. The standard InChI is InChI=1S/C27H22FNO6/c1-3-33-18-9-7-17(8-10-18)29-24(15-5-11-20(30)22(13-15)34-4-2)23-25(31)19-14-16(28)6-12-21(19)35-26(23)27(29)32/h5-14,24,30H,3-4H2,1-2H3. The zero-order valence-electron chi connectivity index (χ0n) is 19.1. The summed E-state index contributed by atoms with van der Waals surface area (Å²) in [5.41, 5.74) is 0.746. The van der Waals surface area contributed by atoms with Gasteiger partial charge in [0.1, 0.15) is 17.1 Å². The van der Waals surface area contributed by atoms with Gasteiger partial charge in [-0.05, 0) is 74.0 Å². The van der Waals surface area contributed by atoms with Crippen LogP contribution >= 0.6 is 0 Å². The van der Waals surface area contributed by atoms with Crippen LogP contribution < -0.4 is 19.8 Å². The maximum atomic E-state index is 14.0. The lowest BCUT2D eigenvalue weighted by atomic mass is 9.97. The molecule has 1 aromatic heterocycles. The summed E-state index contributed by atoms with van der Waals surface area (Å²) in [6.07, 6.45) is 0. The molecule has 5 rings (SSSR count). The van der Waals surface area contributed by atoms with Crippen LogP contribution in [0.25, 0.3) is 11.0 Å². The highest BCUT2D eigenvalue weighted by Crippen LogP contribution is 2.43. The lowest BCUT2D eigenvalue weighted by molar-refractivity contribution is 0.0971. The molecule has 1 aliphatic heterocycles. The summed E-state index contributed by atoms with van der Waals surface area (Å²) in [7, 11) is 0. The van der Waals surface area contributed by atoms with E-state index in [4.69, 9.17) is 13.9 Å². The number of benzene rings is 3. The topological polar surface area (TPSA) is 89.2 Å². The first kappa shape index (κ1) is 22.5. The van der Waals surface area contributed by atoms with Gasteiger partial charge in [0, 0.05) is 5.69 Å². The van der Waals surface area contributed by atoms with Crippen molar-refractivity contribution in [3.05, 3.63) is 93.6 Å². The van der Waals surface area contributed by atoms with Crippen molar-refractivity contribution in [2.45, 2.75) is 19.9 Å². The van der Waals surface area contributed by atoms with Crippen molar-refractivity contribution in [2.24, 2.45) is 0 Å². The fourth-order valence-corrected chi connectivity index (χ4v) is 4.37. The number of anilines is 1. The molecule has 1 unspecified atom stereocenters. The second kappa shape index (κ2) is 8.79. The molecule has 0 aliphatic carbocycles. The highest BCUT2D eigenvalue weighted by Gasteiger charge is 2.44. The minimum absolute atomic E-state index is 0.0407. The summed E-state index contributed by atoms with van der Waals surface area (Å²) in [5.74, 6) is -0.426. The number of fused-ring (bicyclic) bond motifs is 2. The molecule has 1 amide bonds. The molecule has 2 heterocycles. The quantitative estimate of drug-likeness (QED) is 0.413. The number of ether oxygens (including phenoxy) is 2. The Morgan fingerprint density at radius 2 is 1.71 bits per heavy atom. The van der Waals surface area contributed by atoms with Crippen LogP contribution in [0.15, 0.2) is 69.9 Å². The van der Waals surface area contributed by atoms with E-state index in [-0.39, 0.29) is 33.8 Å².